The molecule has 0 saturated heterocycles. The van der Waals surface area contributed by atoms with E-state index in [1.807, 2.05) is 42.5 Å². The molecule has 6 aromatic rings. The van der Waals surface area contributed by atoms with Crippen molar-refractivity contribution >= 4 is 33.2 Å². The molecule has 184 valence electrons. The summed E-state index contributed by atoms with van der Waals surface area (Å²) in [6.45, 7) is 0. The maximum atomic E-state index is 5.15. The molecule has 0 aliphatic carbocycles. The molecule has 0 fully saturated rings. The van der Waals surface area contributed by atoms with Gasteiger partial charge in [0.05, 0.1) is 33.8 Å². The van der Waals surface area contributed by atoms with Crippen LogP contribution in [0.5, 0.6) is 0 Å². The van der Waals surface area contributed by atoms with Crippen molar-refractivity contribution in [3.05, 3.63) is 128 Å². The third-order valence-electron chi connectivity index (χ3n) is 7.44. The average molecular weight is 502 g/mol. The predicted octanol–water partition coefficient (Wildman–Crippen LogP) is 7.82. The van der Waals surface area contributed by atoms with Gasteiger partial charge in [-0.25, -0.2) is 15.0 Å². The Morgan fingerprint density at radius 3 is 2.03 bits per heavy atom. The summed E-state index contributed by atoms with van der Waals surface area (Å²) in [5.41, 5.74) is 9.13. The topological polar surface area (TPSA) is 53.9 Å². The van der Waals surface area contributed by atoms with E-state index in [9.17, 15) is 0 Å². The van der Waals surface area contributed by atoms with Crippen molar-refractivity contribution in [3.63, 3.8) is 0 Å². The second kappa shape index (κ2) is 8.64. The van der Waals surface area contributed by atoms with Crippen molar-refractivity contribution in [2.45, 2.75) is 6.17 Å². The van der Waals surface area contributed by atoms with E-state index in [2.05, 4.69) is 95.3 Å². The zero-order chi connectivity index (χ0) is 25.8. The highest BCUT2D eigenvalue weighted by Gasteiger charge is 2.32. The number of allylic oxidation sites excluding steroid dienone is 2. The number of aromatic nitrogens is 3. The fourth-order valence-corrected chi connectivity index (χ4v) is 5.58. The van der Waals surface area contributed by atoms with Gasteiger partial charge in [0.2, 0.25) is 0 Å². The van der Waals surface area contributed by atoms with Crippen LogP contribution in [-0.2, 0) is 0 Å². The molecule has 0 spiro atoms. The molecule has 0 saturated carbocycles. The van der Waals surface area contributed by atoms with Crippen LogP contribution in [0.2, 0.25) is 0 Å². The average Bonchev–Trinajstić information content (AvgIpc) is 3.41. The van der Waals surface area contributed by atoms with Gasteiger partial charge in [0.25, 0.3) is 0 Å². The quantitative estimate of drug-likeness (QED) is 0.268. The summed E-state index contributed by atoms with van der Waals surface area (Å²) in [6.07, 6.45) is 8.53. The number of nitrogens with zero attached hydrogens (tertiary/aromatic N) is 4. The van der Waals surface area contributed by atoms with Crippen LogP contribution in [0.25, 0.3) is 55.7 Å². The molecule has 39 heavy (non-hydrogen) atoms. The van der Waals surface area contributed by atoms with Gasteiger partial charge in [0.15, 0.2) is 5.82 Å². The molecular weight excluding hydrogens is 478 g/mol. The number of hydrogen-bond donors (Lipinski definition) is 1. The van der Waals surface area contributed by atoms with Crippen LogP contribution in [0.1, 0.15) is 0 Å². The first-order valence-electron chi connectivity index (χ1n) is 13.1. The van der Waals surface area contributed by atoms with Gasteiger partial charge in [-0.15, -0.1) is 0 Å². The Morgan fingerprint density at radius 2 is 1.23 bits per heavy atom. The van der Waals surface area contributed by atoms with E-state index in [1.54, 1.807) is 0 Å². The molecule has 0 amide bonds. The van der Waals surface area contributed by atoms with Gasteiger partial charge in [-0.2, -0.15) is 0 Å². The zero-order valence-electron chi connectivity index (χ0n) is 21.0. The Bertz CT molecular complexity index is 1940. The minimum absolute atomic E-state index is 0.0828. The van der Waals surface area contributed by atoms with Gasteiger partial charge in [-0.05, 0) is 24.3 Å². The predicted molar refractivity (Wildman–Crippen MR) is 159 cm³/mol. The van der Waals surface area contributed by atoms with Crippen LogP contribution in [0.3, 0.4) is 0 Å². The maximum absolute atomic E-state index is 5.15. The molecule has 1 N–H and O–H groups in total. The first kappa shape index (κ1) is 21.8. The number of para-hydroxylation sites is 2. The molecule has 1 unspecified atom stereocenters. The molecule has 4 heterocycles. The molecule has 0 radical (unpaired) electrons. The van der Waals surface area contributed by atoms with Crippen LogP contribution >= 0.6 is 0 Å². The Morgan fingerprint density at radius 1 is 0.564 bits per heavy atom. The Balaban J connectivity index is 1.28. The van der Waals surface area contributed by atoms with Gasteiger partial charge in [0, 0.05) is 33.7 Å². The smallest absolute Gasteiger partial charge is 0.160 e. The van der Waals surface area contributed by atoms with Crippen LogP contribution in [0.4, 0.5) is 11.4 Å². The van der Waals surface area contributed by atoms with Gasteiger partial charge >= 0.3 is 0 Å². The lowest BCUT2D eigenvalue weighted by Gasteiger charge is -2.23. The Labute approximate surface area is 225 Å². The summed E-state index contributed by atoms with van der Waals surface area (Å²) >= 11 is 0. The highest BCUT2D eigenvalue weighted by molar-refractivity contribution is 6.06. The second-order valence-corrected chi connectivity index (χ2v) is 9.78. The standard InChI is InChI=1S/C34H23N5/c1-2-10-24(11-3-1)34-36-28-15-7-4-12-25(28)30(38-34)22-17-19-23(20-18-22)31-33-32(26-13-5-6-14-27(26)35-31)37-29-16-8-9-21-39(29)33/h1-21,29,37H. The number of rotatable bonds is 3. The molecule has 8 rings (SSSR count). The first-order chi connectivity index (χ1) is 19.3. The molecule has 5 heteroatoms. The van der Waals surface area contributed by atoms with Crippen molar-refractivity contribution in [3.8, 4) is 33.9 Å². The zero-order valence-corrected chi connectivity index (χ0v) is 21.0. The molecular formula is C34H23N5. The monoisotopic (exact) mass is 501 g/mol. The molecule has 2 aliphatic rings. The first-order valence-corrected chi connectivity index (χ1v) is 13.1. The third-order valence-corrected chi connectivity index (χ3v) is 7.44. The summed E-state index contributed by atoms with van der Waals surface area (Å²) < 4.78 is 0. The molecule has 2 aliphatic heterocycles. The number of anilines is 2. The number of fused-ring (bicyclic) bond motifs is 6. The van der Waals surface area contributed by atoms with Crippen molar-refractivity contribution in [1.29, 1.82) is 0 Å². The molecule has 4 aromatic carbocycles. The van der Waals surface area contributed by atoms with Crippen LogP contribution in [0.15, 0.2) is 128 Å². The maximum Gasteiger partial charge on any atom is 0.160 e. The van der Waals surface area contributed by atoms with Gasteiger partial charge in [0.1, 0.15) is 6.17 Å². The lowest BCUT2D eigenvalue weighted by molar-refractivity contribution is 0.907. The van der Waals surface area contributed by atoms with E-state index in [4.69, 9.17) is 15.0 Å². The number of hydrogen-bond acceptors (Lipinski definition) is 5. The molecule has 0 bridgehead atoms. The second-order valence-electron chi connectivity index (χ2n) is 9.78. The van der Waals surface area contributed by atoms with Crippen molar-refractivity contribution in [2.24, 2.45) is 0 Å². The minimum Gasteiger partial charge on any atom is -0.359 e. The highest BCUT2D eigenvalue weighted by Crippen LogP contribution is 2.47. The van der Waals surface area contributed by atoms with E-state index in [-0.39, 0.29) is 6.17 Å². The van der Waals surface area contributed by atoms with E-state index >= 15 is 0 Å². The Hall–Kier alpha value is -5.29. The van der Waals surface area contributed by atoms with Crippen molar-refractivity contribution in [2.75, 3.05) is 10.2 Å². The third kappa shape index (κ3) is 3.51. The number of benzene rings is 4. The van der Waals surface area contributed by atoms with Gasteiger partial charge in [-0.3, -0.25) is 0 Å². The Kier molecular flexibility index (Phi) is 4.82. The van der Waals surface area contributed by atoms with Gasteiger partial charge in [-0.1, -0.05) is 97.1 Å². The largest absolute Gasteiger partial charge is 0.359 e. The van der Waals surface area contributed by atoms with Crippen molar-refractivity contribution < 1.29 is 0 Å². The highest BCUT2D eigenvalue weighted by atomic mass is 15.3. The summed E-state index contributed by atoms with van der Waals surface area (Å²) in [7, 11) is 0. The molecule has 2 aromatic heterocycles. The summed E-state index contributed by atoms with van der Waals surface area (Å²) in [6, 6.07) is 35.3. The minimum atomic E-state index is 0.0828. The van der Waals surface area contributed by atoms with E-state index in [0.717, 1.165) is 67.1 Å². The van der Waals surface area contributed by atoms with Gasteiger partial charge < -0.3 is 10.2 Å². The number of nitrogens with one attached hydrogen (secondary N) is 1. The molecule has 5 nitrogen and oxygen atoms in total. The van der Waals surface area contributed by atoms with Crippen molar-refractivity contribution in [1.82, 2.24) is 15.0 Å². The normalized spacial score (nSPS) is 15.4. The van der Waals surface area contributed by atoms with Crippen LogP contribution < -0.4 is 10.2 Å². The molecule has 1 atom stereocenters. The summed E-state index contributed by atoms with van der Waals surface area (Å²) in [5.74, 6) is 0.726. The lowest BCUT2D eigenvalue weighted by Crippen LogP contribution is -2.30. The van der Waals surface area contributed by atoms with E-state index in [1.165, 1.54) is 0 Å². The fraction of sp³-hybridized carbons (Fsp3) is 0.0294. The number of pyridine rings is 1. The fourth-order valence-electron chi connectivity index (χ4n) is 5.58. The van der Waals surface area contributed by atoms with Crippen LogP contribution in [0, 0.1) is 0 Å². The van der Waals surface area contributed by atoms with E-state index in [0.29, 0.717) is 0 Å². The summed E-state index contributed by atoms with van der Waals surface area (Å²) in [5, 5.41) is 5.86. The summed E-state index contributed by atoms with van der Waals surface area (Å²) in [4.78, 5) is 17.3. The van der Waals surface area contributed by atoms with Crippen LogP contribution in [-0.4, -0.2) is 21.1 Å². The van der Waals surface area contributed by atoms with E-state index < -0.39 is 0 Å². The lowest BCUT2D eigenvalue weighted by atomic mass is 10.0. The SMILES string of the molecule is C1=CC2Nc3c(c(-c4ccc(-c5nc(-c6ccccc6)nc6ccccc56)cc4)nc4ccccc34)N2C=C1.